The molecule has 1 aliphatic heterocycles. The minimum Gasteiger partial charge on any atom is -0.445 e. The molecule has 0 spiro atoms. The van der Waals surface area contributed by atoms with E-state index in [0.717, 1.165) is 11.3 Å². The molecule has 35 heavy (non-hydrogen) atoms. The van der Waals surface area contributed by atoms with Gasteiger partial charge in [0.2, 0.25) is 5.78 Å². The summed E-state index contributed by atoms with van der Waals surface area (Å²) < 4.78 is 5.26. The first-order chi connectivity index (χ1) is 16.8. The van der Waals surface area contributed by atoms with Crippen LogP contribution in [-0.4, -0.2) is 46.1 Å². The molecule has 0 aliphatic carbocycles. The smallest absolute Gasteiger partial charge is 0.408 e. The van der Waals surface area contributed by atoms with Crippen LogP contribution in [0, 0.1) is 11.8 Å². The van der Waals surface area contributed by atoms with E-state index in [4.69, 9.17) is 4.74 Å². The number of aromatic nitrogens is 2. The summed E-state index contributed by atoms with van der Waals surface area (Å²) in [6, 6.07) is 10.2. The molecule has 2 unspecified atom stereocenters. The number of amides is 2. The van der Waals surface area contributed by atoms with Gasteiger partial charge in [0.25, 0.3) is 5.91 Å². The Labute approximate surface area is 205 Å². The first kappa shape index (κ1) is 26.0. The van der Waals surface area contributed by atoms with Crippen LogP contribution < -0.4 is 10.6 Å². The van der Waals surface area contributed by atoms with Gasteiger partial charge in [-0.1, -0.05) is 44.2 Å². The second-order valence-electron chi connectivity index (χ2n) is 9.02. The lowest BCUT2D eigenvalue weighted by Crippen LogP contribution is -2.46. The molecule has 1 aliphatic rings. The maximum absolute atomic E-state index is 13.2. The van der Waals surface area contributed by atoms with E-state index in [2.05, 4.69) is 20.6 Å². The van der Waals surface area contributed by atoms with E-state index in [9.17, 15) is 19.2 Å². The van der Waals surface area contributed by atoms with Gasteiger partial charge in [-0.05, 0) is 36.8 Å². The average molecular weight is 481 g/mol. The highest BCUT2D eigenvalue weighted by Crippen LogP contribution is 2.19. The van der Waals surface area contributed by atoms with Crippen LogP contribution in [0.4, 0.5) is 4.79 Å². The fourth-order valence-corrected chi connectivity index (χ4v) is 4.00. The topological polar surface area (TPSA) is 127 Å². The zero-order valence-electron chi connectivity index (χ0n) is 20.2. The molecule has 9 heteroatoms. The summed E-state index contributed by atoms with van der Waals surface area (Å²) in [6.07, 6.45) is 2.83. The number of carbonyl (C=O) groups excluding carboxylic acids is 4. The molecule has 9 nitrogen and oxygen atoms in total. The van der Waals surface area contributed by atoms with Crippen molar-refractivity contribution in [2.24, 2.45) is 11.8 Å². The molecule has 1 aromatic carbocycles. The molecule has 3 rings (SSSR count). The van der Waals surface area contributed by atoms with Crippen molar-refractivity contribution in [2.45, 2.75) is 58.6 Å². The average Bonchev–Trinajstić information content (AvgIpc) is 2.85. The minimum absolute atomic E-state index is 0.0811. The Morgan fingerprint density at radius 2 is 1.91 bits per heavy atom. The van der Waals surface area contributed by atoms with Crippen molar-refractivity contribution in [3.63, 3.8) is 0 Å². The van der Waals surface area contributed by atoms with Crippen LogP contribution in [0.1, 0.15) is 50.2 Å². The summed E-state index contributed by atoms with van der Waals surface area (Å²) >= 11 is 0. The molecule has 1 aromatic heterocycles. The summed E-state index contributed by atoms with van der Waals surface area (Å²) in [7, 11) is 0. The zero-order chi connectivity index (χ0) is 25.2. The SMILES string of the molecule is CC(C)C(NC(=O)OCc1ccccc1)C(=O)CC1CCCc2ccnc(n2)CCNC(=O)C1=O. The number of aryl methyl sites for hydroxylation is 1. The highest BCUT2D eigenvalue weighted by Gasteiger charge is 2.32. The summed E-state index contributed by atoms with van der Waals surface area (Å²) in [6.45, 7) is 3.93. The maximum atomic E-state index is 13.2. The van der Waals surface area contributed by atoms with Gasteiger partial charge < -0.3 is 15.4 Å². The van der Waals surface area contributed by atoms with Crippen LogP contribution in [-0.2, 0) is 38.6 Å². The first-order valence-electron chi connectivity index (χ1n) is 12.0. The van der Waals surface area contributed by atoms with Gasteiger partial charge in [-0.2, -0.15) is 0 Å². The van der Waals surface area contributed by atoms with Gasteiger partial charge >= 0.3 is 6.09 Å². The molecule has 186 valence electrons. The number of nitrogens with zero attached hydrogens (tertiary/aromatic N) is 2. The van der Waals surface area contributed by atoms with Crippen molar-refractivity contribution >= 4 is 23.6 Å². The predicted octanol–water partition coefficient (Wildman–Crippen LogP) is 2.57. The Bertz CT molecular complexity index is 1040. The third-order valence-electron chi connectivity index (χ3n) is 5.92. The number of fused-ring (bicyclic) bond motifs is 2. The largest absolute Gasteiger partial charge is 0.445 e. The quantitative estimate of drug-likeness (QED) is 0.583. The number of ether oxygens (including phenoxy) is 1. The fourth-order valence-electron chi connectivity index (χ4n) is 4.00. The Kier molecular flexibility index (Phi) is 9.46. The Balaban J connectivity index is 1.63. The minimum atomic E-state index is -0.833. The van der Waals surface area contributed by atoms with E-state index in [1.807, 2.05) is 50.2 Å². The molecule has 2 N–H and O–H groups in total. The second-order valence-corrected chi connectivity index (χ2v) is 9.02. The summed E-state index contributed by atoms with van der Waals surface area (Å²) in [5.74, 6) is -2.01. The number of hydrogen-bond donors (Lipinski definition) is 2. The maximum Gasteiger partial charge on any atom is 0.408 e. The number of carbonyl (C=O) groups is 4. The van der Waals surface area contributed by atoms with Crippen LogP contribution in [0.3, 0.4) is 0 Å². The van der Waals surface area contributed by atoms with Gasteiger partial charge in [-0.3, -0.25) is 14.4 Å². The van der Waals surface area contributed by atoms with Gasteiger partial charge in [-0.15, -0.1) is 0 Å². The van der Waals surface area contributed by atoms with E-state index < -0.39 is 29.7 Å². The number of Topliss-reactive ketones (excluding diaryl/α,β-unsaturated/α-hetero) is 2. The van der Waals surface area contributed by atoms with Gasteiger partial charge in [0.05, 0.1) is 6.04 Å². The lowest BCUT2D eigenvalue weighted by atomic mass is 9.87. The number of alkyl carbamates (subject to hydrolysis) is 1. The van der Waals surface area contributed by atoms with E-state index in [1.54, 1.807) is 6.20 Å². The third kappa shape index (κ3) is 7.98. The molecule has 2 atom stereocenters. The number of nitrogens with one attached hydrogen (secondary N) is 2. The van der Waals surface area contributed by atoms with Gasteiger partial charge in [0.1, 0.15) is 12.4 Å². The van der Waals surface area contributed by atoms with E-state index in [1.165, 1.54) is 0 Å². The van der Waals surface area contributed by atoms with Gasteiger partial charge in [0, 0.05) is 37.2 Å². The predicted molar refractivity (Wildman–Crippen MR) is 128 cm³/mol. The summed E-state index contributed by atoms with van der Waals surface area (Å²) in [5.41, 5.74) is 1.69. The molecular weight excluding hydrogens is 448 g/mol. The van der Waals surface area contributed by atoms with Crippen LogP contribution >= 0.6 is 0 Å². The molecular formula is C26H32N4O5. The number of hydrogen-bond acceptors (Lipinski definition) is 7. The molecule has 0 radical (unpaired) electrons. The van der Waals surface area contributed by atoms with Crippen LogP contribution in [0.2, 0.25) is 0 Å². The van der Waals surface area contributed by atoms with Crippen LogP contribution in [0.25, 0.3) is 0 Å². The highest BCUT2D eigenvalue weighted by molar-refractivity contribution is 6.37. The lowest BCUT2D eigenvalue weighted by molar-refractivity contribution is -0.141. The van der Waals surface area contributed by atoms with Crippen molar-refractivity contribution in [1.82, 2.24) is 20.6 Å². The number of ketones is 2. The number of rotatable bonds is 7. The molecule has 0 saturated carbocycles. The van der Waals surface area contributed by atoms with Crippen molar-refractivity contribution in [1.29, 1.82) is 0 Å². The Morgan fingerprint density at radius 3 is 2.66 bits per heavy atom. The molecule has 2 aromatic rings. The monoisotopic (exact) mass is 480 g/mol. The first-order valence-corrected chi connectivity index (χ1v) is 12.0. The zero-order valence-corrected chi connectivity index (χ0v) is 20.2. The van der Waals surface area contributed by atoms with Gasteiger partial charge in [0.15, 0.2) is 5.78 Å². The fraction of sp³-hybridized carbons (Fsp3) is 0.462. The standard InChI is InChI=1S/C26H32N4O5/c1-17(2)23(30-26(34)35-16-18-7-4-3-5-8-18)21(31)15-19-9-6-10-20-11-13-27-22(29-20)12-14-28-25(33)24(19)32/h3-5,7-8,11,13,17,19,23H,6,9-10,12,14-16H2,1-2H3,(H,28,33)(H,30,34). The second kappa shape index (κ2) is 12.7. The van der Waals surface area contributed by atoms with Crippen LogP contribution in [0.15, 0.2) is 42.6 Å². The van der Waals surface area contributed by atoms with Crippen molar-refractivity contribution < 1.29 is 23.9 Å². The summed E-state index contributed by atoms with van der Waals surface area (Å²) in [4.78, 5) is 59.5. The van der Waals surface area contributed by atoms with E-state index in [-0.39, 0.29) is 31.3 Å². The Hall–Kier alpha value is -3.62. The summed E-state index contributed by atoms with van der Waals surface area (Å²) in [5, 5.41) is 5.24. The van der Waals surface area contributed by atoms with Crippen LogP contribution in [0.5, 0.6) is 0 Å². The molecule has 0 fully saturated rings. The molecule has 2 bridgehead atoms. The molecule has 2 heterocycles. The molecule has 0 saturated heterocycles. The normalized spacial score (nSPS) is 17.5. The highest BCUT2D eigenvalue weighted by atomic mass is 16.5. The van der Waals surface area contributed by atoms with E-state index >= 15 is 0 Å². The van der Waals surface area contributed by atoms with Crippen molar-refractivity contribution in [2.75, 3.05) is 6.54 Å². The van der Waals surface area contributed by atoms with E-state index in [0.29, 0.717) is 31.5 Å². The van der Waals surface area contributed by atoms with Crippen molar-refractivity contribution in [3.05, 3.63) is 59.7 Å². The molecule has 2 amide bonds. The van der Waals surface area contributed by atoms with Crippen molar-refractivity contribution in [3.8, 4) is 0 Å². The van der Waals surface area contributed by atoms with Gasteiger partial charge in [-0.25, -0.2) is 14.8 Å². The lowest BCUT2D eigenvalue weighted by Gasteiger charge is -2.23. The third-order valence-corrected chi connectivity index (χ3v) is 5.92. The Morgan fingerprint density at radius 1 is 1.14 bits per heavy atom. The number of benzene rings is 1.